The average Bonchev–Trinajstić information content (AvgIpc) is 3.17. The molecule has 6 unspecified atom stereocenters. The third-order valence-electron chi connectivity index (χ3n) is 8.43. The molecule has 0 aliphatic carbocycles. The van der Waals surface area contributed by atoms with E-state index in [1.165, 1.54) is 26.0 Å². The summed E-state index contributed by atoms with van der Waals surface area (Å²) in [4.78, 5) is 80.0. The molecular weight excluding hydrogens is 520 g/mol. The lowest BCUT2D eigenvalue weighted by Crippen LogP contribution is -2.63. The van der Waals surface area contributed by atoms with Crippen LogP contribution in [0.15, 0.2) is 24.3 Å². The molecule has 40 heavy (non-hydrogen) atoms. The molecule has 1 aromatic carbocycles. The summed E-state index contributed by atoms with van der Waals surface area (Å²) in [5, 5.41) is 16.1. The van der Waals surface area contributed by atoms with E-state index < -0.39 is 65.0 Å². The van der Waals surface area contributed by atoms with Crippen molar-refractivity contribution in [2.75, 3.05) is 19.7 Å². The average molecular weight is 557 g/mol. The van der Waals surface area contributed by atoms with Crippen molar-refractivity contribution >= 4 is 35.5 Å². The van der Waals surface area contributed by atoms with Crippen LogP contribution >= 0.6 is 0 Å². The molecule has 6 atom stereocenters. The number of carbonyl (C=O) groups is 6. The molecule has 0 saturated carbocycles. The highest BCUT2D eigenvalue weighted by Gasteiger charge is 2.49. The first-order valence-electron chi connectivity index (χ1n) is 13.6. The van der Waals surface area contributed by atoms with Crippen molar-refractivity contribution in [2.24, 2.45) is 11.8 Å². The summed E-state index contributed by atoms with van der Waals surface area (Å²) in [6.07, 6.45) is -0.156. The van der Waals surface area contributed by atoms with Gasteiger partial charge in [0, 0.05) is 31.5 Å². The Kier molecular flexibility index (Phi) is 8.41. The molecular formula is C28H36N4O8. The van der Waals surface area contributed by atoms with Gasteiger partial charge in [0.05, 0.1) is 29.8 Å². The summed E-state index contributed by atoms with van der Waals surface area (Å²) in [6.45, 7) is 7.35. The topological polar surface area (TPSA) is 162 Å². The third-order valence-corrected chi connectivity index (χ3v) is 8.43. The fourth-order valence-electron chi connectivity index (χ4n) is 5.71. The standard InChI is InChI=1S/C28H36N4O8/c1-5-17(22-16(3)29-12-13-40-22)23(34)30-28(4,27(38)39)15(2)14-31-21(33)11-10-20(26(31)37)32-24(35)18-8-6-7-9-19(18)25(32)36/h6-9,15-17,20,22,29H,5,10-14H2,1-4H3,(H,30,34)(H,38,39). The van der Waals surface area contributed by atoms with Crippen LogP contribution in [-0.2, 0) is 23.9 Å². The quantitative estimate of drug-likeness (QED) is 0.374. The second-order valence-corrected chi connectivity index (χ2v) is 10.9. The Balaban J connectivity index is 1.52. The molecule has 0 radical (unpaired) electrons. The zero-order chi connectivity index (χ0) is 29.4. The van der Waals surface area contributed by atoms with Gasteiger partial charge < -0.3 is 20.5 Å². The minimum absolute atomic E-state index is 0.0211. The van der Waals surface area contributed by atoms with Gasteiger partial charge in [-0.25, -0.2) is 4.79 Å². The van der Waals surface area contributed by atoms with E-state index in [0.717, 1.165) is 9.80 Å². The van der Waals surface area contributed by atoms with Gasteiger partial charge in [-0.1, -0.05) is 26.0 Å². The number of piperidine rings is 1. The van der Waals surface area contributed by atoms with Crippen molar-refractivity contribution in [3.63, 3.8) is 0 Å². The Morgan fingerprint density at radius 3 is 2.35 bits per heavy atom. The van der Waals surface area contributed by atoms with Gasteiger partial charge in [-0.15, -0.1) is 0 Å². The maximum Gasteiger partial charge on any atom is 0.329 e. The van der Waals surface area contributed by atoms with E-state index >= 15 is 0 Å². The molecule has 3 aliphatic rings. The number of amides is 5. The molecule has 0 bridgehead atoms. The van der Waals surface area contributed by atoms with Crippen LogP contribution < -0.4 is 10.6 Å². The van der Waals surface area contributed by atoms with Crippen molar-refractivity contribution in [1.29, 1.82) is 0 Å². The Labute approximate surface area is 232 Å². The maximum absolute atomic E-state index is 13.5. The molecule has 4 rings (SSSR count). The number of fused-ring (bicyclic) bond motifs is 1. The number of carboxylic acid groups (broad SMARTS) is 1. The van der Waals surface area contributed by atoms with Crippen LogP contribution in [0, 0.1) is 11.8 Å². The number of morpholine rings is 1. The second kappa shape index (κ2) is 11.5. The highest BCUT2D eigenvalue weighted by Crippen LogP contribution is 2.31. The maximum atomic E-state index is 13.5. The SMILES string of the molecule is CCC(C(=O)NC(C)(C(=O)O)C(C)CN1C(=O)CCC(N2C(=O)c3ccccc3C2=O)C1=O)C1OCCNC1C. The van der Waals surface area contributed by atoms with E-state index in [1.807, 2.05) is 13.8 Å². The second-order valence-electron chi connectivity index (χ2n) is 10.9. The van der Waals surface area contributed by atoms with Gasteiger partial charge in [-0.2, -0.15) is 0 Å². The molecule has 3 aliphatic heterocycles. The third kappa shape index (κ3) is 5.13. The number of likely N-dealkylation sites (tertiary alicyclic amines) is 1. The van der Waals surface area contributed by atoms with Crippen LogP contribution in [0.2, 0.25) is 0 Å². The number of rotatable bonds is 9. The van der Waals surface area contributed by atoms with E-state index in [1.54, 1.807) is 12.1 Å². The molecule has 0 aromatic heterocycles. The molecule has 12 heteroatoms. The lowest BCUT2D eigenvalue weighted by molar-refractivity contribution is -0.157. The lowest BCUT2D eigenvalue weighted by atomic mass is 9.84. The number of benzene rings is 1. The first-order valence-corrected chi connectivity index (χ1v) is 13.6. The Bertz CT molecular complexity index is 1200. The van der Waals surface area contributed by atoms with Gasteiger partial charge in [-0.05, 0) is 38.8 Å². The predicted octanol–water partition coefficient (Wildman–Crippen LogP) is 0.799. The molecule has 216 valence electrons. The molecule has 2 saturated heterocycles. The highest BCUT2D eigenvalue weighted by atomic mass is 16.5. The van der Waals surface area contributed by atoms with Crippen LogP contribution in [0.1, 0.15) is 67.7 Å². The summed E-state index contributed by atoms with van der Waals surface area (Å²) < 4.78 is 5.82. The Morgan fingerprint density at radius 2 is 1.80 bits per heavy atom. The first-order chi connectivity index (χ1) is 18.9. The number of carbonyl (C=O) groups excluding carboxylic acids is 5. The largest absolute Gasteiger partial charge is 0.480 e. The van der Waals surface area contributed by atoms with Crippen LogP contribution in [0.25, 0.3) is 0 Å². The van der Waals surface area contributed by atoms with E-state index in [2.05, 4.69) is 10.6 Å². The van der Waals surface area contributed by atoms with Crippen LogP contribution in [0.3, 0.4) is 0 Å². The molecule has 12 nitrogen and oxygen atoms in total. The van der Waals surface area contributed by atoms with Crippen LogP contribution in [-0.4, -0.2) is 93.8 Å². The first kappa shape index (κ1) is 29.3. The summed E-state index contributed by atoms with van der Waals surface area (Å²) >= 11 is 0. The van der Waals surface area contributed by atoms with Crippen molar-refractivity contribution in [3.8, 4) is 0 Å². The molecule has 1 aromatic rings. The van der Waals surface area contributed by atoms with Crippen LogP contribution in [0.4, 0.5) is 0 Å². The fourth-order valence-corrected chi connectivity index (χ4v) is 5.71. The zero-order valence-electron chi connectivity index (χ0n) is 23.1. The van der Waals surface area contributed by atoms with Gasteiger partial charge in [0.15, 0.2) is 0 Å². The van der Waals surface area contributed by atoms with Crippen molar-refractivity contribution in [1.82, 2.24) is 20.4 Å². The molecule has 3 N–H and O–H groups in total. The Morgan fingerprint density at radius 1 is 1.18 bits per heavy atom. The van der Waals surface area contributed by atoms with E-state index in [4.69, 9.17) is 4.74 Å². The normalized spacial score (nSPS) is 26.2. The van der Waals surface area contributed by atoms with E-state index in [9.17, 15) is 33.9 Å². The summed E-state index contributed by atoms with van der Waals surface area (Å²) in [6, 6.07) is 4.96. The van der Waals surface area contributed by atoms with Gasteiger partial charge in [-0.3, -0.25) is 33.8 Å². The highest BCUT2D eigenvalue weighted by molar-refractivity contribution is 6.23. The number of hydrogen-bond acceptors (Lipinski definition) is 8. The van der Waals surface area contributed by atoms with Crippen LogP contribution in [0.5, 0.6) is 0 Å². The van der Waals surface area contributed by atoms with Crippen molar-refractivity contribution in [3.05, 3.63) is 35.4 Å². The molecule has 3 heterocycles. The predicted molar refractivity (Wildman–Crippen MR) is 141 cm³/mol. The van der Waals surface area contributed by atoms with E-state index in [-0.39, 0.29) is 36.6 Å². The number of aliphatic carboxylic acids is 1. The number of hydrogen-bond donors (Lipinski definition) is 3. The summed E-state index contributed by atoms with van der Waals surface area (Å²) in [5.41, 5.74) is -1.45. The van der Waals surface area contributed by atoms with Crippen molar-refractivity contribution in [2.45, 2.75) is 70.7 Å². The minimum atomic E-state index is -1.83. The number of nitrogens with zero attached hydrogens (tertiary/aromatic N) is 2. The molecule has 5 amide bonds. The minimum Gasteiger partial charge on any atom is -0.480 e. The zero-order valence-corrected chi connectivity index (χ0v) is 23.1. The number of nitrogens with one attached hydrogen (secondary N) is 2. The Hall–Kier alpha value is -3.64. The molecule has 2 fully saturated rings. The number of imide groups is 2. The van der Waals surface area contributed by atoms with E-state index in [0.29, 0.717) is 19.6 Å². The van der Waals surface area contributed by atoms with Gasteiger partial charge in [0.25, 0.3) is 17.7 Å². The van der Waals surface area contributed by atoms with Gasteiger partial charge in [0.2, 0.25) is 11.8 Å². The lowest BCUT2D eigenvalue weighted by Gasteiger charge is -2.40. The smallest absolute Gasteiger partial charge is 0.329 e. The number of carboxylic acids is 1. The van der Waals surface area contributed by atoms with Crippen molar-refractivity contribution < 1.29 is 38.6 Å². The summed E-state index contributed by atoms with van der Waals surface area (Å²) in [5.74, 6) is -5.86. The molecule has 0 spiro atoms. The fraction of sp³-hybridized carbons (Fsp3) is 0.571. The van der Waals surface area contributed by atoms with Gasteiger partial charge in [0.1, 0.15) is 11.6 Å². The monoisotopic (exact) mass is 556 g/mol. The summed E-state index contributed by atoms with van der Waals surface area (Å²) in [7, 11) is 0. The van der Waals surface area contributed by atoms with Gasteiger partial charge >= 0.3 is 5.97 Å². The number of ether oxygens (including phenoxy) is 1.